The fourth-order valence-electron chi connectivity index (χ4n) is 0.706. The zero-order valence-corrected chi connectivity index (χ0v) is 7.54. The molecule has 0 saturated carbocycles. The Labute approximate surface area is 82.0 Å². The normalized spacial score (nSPS) is 10.6. The predicted octanol–water partition coefficient (Wildman–Crippen LogP) is 3.73. The van der Waals surface area contributed by atoms with E-state index in [2.05, 4.69) is 4.74 Å². The molecule has 0 atom stereocenters. The SMILES string of the molecule is Fc1c(Cl)ccc(Cl)c1OC(F)F. The molecule has 1 nitrogen and oxygen atoms in total. The summed E-state index contributed by atoms with van der Waals surface area (Å²) in [5.74, 6) is -1.82. The van der Waals surface area contributed by atoms with Gasteiger partial charge in [0.15, 0.2) is 11.6 Å². The Hall–Kier alpha value is -0.610. The fourth-order valence-corrected chi connectivity index (χ4v) is 1.04. The van der Waals surface area contributed by atoms with Crippen molar-refractivity contribution in [2.45, 2.75) is 6.61 Å². The molecule has 0 aliphatic rings. The van der Waals surface area contributed by atoms with Crippen molar-refractivity contribution in [1.29, 1.82) is 0 Å². The maximum atomic E-state index is 12.9. The Balaban J connectivity index is 3.10. The first-order valence-corrected chi connectivity index (χ1v) is 3.86. The summed E-state index contributed by atoms with van der Waals surface area (Å²) in [5.41, 5.74) is 0. The molecule has 0 radical (unpaired) electrons. The van der Waals surface area contributed by atoms with Gasteiger partial charge < -0.3 is 4.74 Å². The topological polar surface area (TPSA) is 9.23 Å². The van der Waals surface area contributed by atoms with Crippen LogP contribution in [0.1, 0.15) is 0 Å². The molecule has 0 aromatic heterocycles. The van der Waals surface area contributed by atoms with E-state index in [1.165, 1.54) is 6.07 Å². The van der Waals surface area contributed by atoms with Crippen LogP contribution in [0.15, 0.2) is 12.1 Å². The van der Waals surface area contributed by atoms with Gasteiger partial charge in [0.05, 0.1) is 10.0 Å². The van der Waals surface area contributed by atoms with Crippen molar-refractivity contribution >= 4 is 23.2 Å². The van der Waals surface area contributed by atoms with Gasteiger partial charge in [-0.2, -0.15) is 8.78 Å². The van der Waals surface area contributed by atoms with Crippen LogP contribution in [0, 0.1) is 5.82 Å². The Morgan fingerprint density at radius 2 is 1.69 bits per heavy atom. The zero-order chi connectivity index (χ0) is 10.0. The summed E-state index contributed by atoms with van der Waals surface area (Å²) in [4.78, 5) is 0. The summed E-state index contributed by atoms with van der Waals surface area (Å²) in [6, 6.07) is 2.32. The second-order valence-corrected chi connectivity index (χ2v) is 2.87. The lowest BCUT2D eigenvalue weighted by Crippen LogP contribution is -2.04. The monoisotopic (exact) mass is 230 g/mol. The van der Waals surface area contributed by atoms with E-state index in [1.54, 1.807) is 0 Å². The van der Waals surface area contributed by atoms with Crippen molar-refractivity contribution in [1.82, 2.24) is 0 Å². The Morgan fingerprint density at radius 3 is 2.23 bits per heavy atom. The van der Waals surface area contributed by atoms with Gasteiger partial charge in [0.1, 0.15) is 0 Å². The van der Waals surface area contributed by atoms with Crippen molar-refractivity contribution in [2.24, 2.45) is 0 Å². The third-order valence-corrected chi connectivity index (χ3v) is 1.80. The summed E-state index contributed by atoms with van der Waals surface area (Å²) >= 11 is 10.7. The second kappa shape index (κ2) is 4.07. The van der Waals surface area contributed by atoms with Crippen molar-refractivity contribution in [2.75, 3.05) is 0 Å². The van der Waals surface area contributed by atoms with E-state index in [1.807, 2.05) is 0 Å². The molecule has 0 unspecified atom stereocenters. The first kappa shape index (κ1) is 10.5. The number of hydrogen-bond acceptors (Lipinski definition) is 1. The lowest BCUT2D eigenvalue weighted by Gasteiger charge is -2.07. The molecule has 0 heterocycles. The van der Waals surface area contributed by atoms with E-state index in [0.29, 0.717) is 0 Å². The molecule has 0 amide bonds. The molecule has 6 heteroatoms. The highest BCUT2D eigenvalue weighted by atomic mass is 35.5. The van der Waals surface area contributed by atoms with Crippen molar-refractivity contribution < 1.29 is 17.9 Å². The van der Waals surface area contributed by atoms with Crippen LogP contribution in [0.3, 0.4) is 0 Å². The number of hydrogen-bond donors (Lipinski definition) is 0. The van der Waals surface area contributed by atoms with Gasteiger partial charge in [-0.3, -0.25) is 0 Å². The average molecular weight is 231 g/mol. The van der Waals surface area contributed by atoms with E-state index < -0.39 is 18.2 Å². The third-order valence-electron chi connectivity index (χ3n) is 1.21. The number of halogens is 5. The van der Waals surface area contributed by atoms with Crippen LogP contribution in [0.2, 0.25) is 10.0 Å². The van der Waals surface area contributed by atoms with Gasteiger partial charge in [-0.15, -0.1) is 0 Å². The van der Waals surface area contributed by atoms with E-state index in [-0.39, 0.29) is 10.0 Å². The second-order valence-electron chi connectivity index (χ2n) is 2.05. The first-order valence-electron chi connectivity index (χ1n) is 3.10. The lowest BCUT2D eigenvalue weighted by atomic mass is 10.3. The molecule has 0 N–H and O–H groups in total. The van der Waals surface area contributed by atoms with E-state index in [9.17, 15) is 13.2 Å². The van der Waals surface area contributed by atoms with Gasteiger partial charge in [0, 0.05) is 0 Å². The molecule has 72 valence electrons. The average Bonchev–Trinajstić information content (AvgIpc) is 2.05. The van der Waals surface area contributed by atoms with Crippen molar-refractivity contribution in [3.63, 3.8) is 0 Å². The fraction of sp³-hybridized carbons (Fsp3) is 0.143. The van der Waals surface area contributed by atoms with Crippen LogP contribution in [0.25, 0.3) is 0 Å². The molecule has 0 aliphatic carbocycles. The largest absolute Gasteiger partial charge is 0.430 e. The number of alkyl halides is 2. The maximum Gasteiger partial charge on any atom is 0.387 e. The summed E-state index contributed by atoms with van der Waals surface area (Å²) in [5, 5.41) is -0.567. The number of rotatable bonds is 2. The minimum absolute atomic E-state index is 0.248. The molecular weight excluding hydrogens is 228 g/mol. The molecule has 0 spiro atoms. The van der Waals surface area contributed by atoms with Crippen LogP contribution >= 0.6 is 23.2 Å². The molecule has 13 heavy (non-hydrogen) atoms. The molecule has 0 bridgehead atoms. The van der Waals surface area contributed by atoms with Crippen LogP contribution < -0.4 is 4.74 Å². The van der Waals surface area contributed by atoms with Crippen molar-refractivity contribution in [3.05, 3.63) is 28.0 Å². The Bertz CT molecular complexity index is 317. The van der Waals surface area contributed by atoms with Gasteiger partial charge in [0.25, 0.3) is 0 Å². The minimum Gasteiger partial charge on any atom is -0.430 e. The molecule has 1 rings (SSSR count). The third kappa shape index (κ3) is 2.42. The van der Waals surface area contributed by atoms with Crippen LogP contribution in [-0.4, -0.2) is 6.61 Å². The lowest BCUT2D eigenvalue weighted by molar-refractivity contribution is -0.0521. The summed E-state index contributed by atoms with van der Waals surface area (Å²) < 4.78 is 40.2. The standard InChI is InChI=1S/C7H3Cl2F3O/c8-3-1-2-4(9)6(5(3)10)13-7(11)12/h1-2,7H. The predicted molar refractivity (Wildman–Crippen MR) is 43.1 cm³/mol. The quantitative estimate of drug-likeness (QED) is 0.704. The first-order chi connectivity index (χ1) is 6.02. The summed E-state index contributed by atoms with van der Waals surface area (Å²) in [6.07, 6.45) is 0. The van der Waals surface area contributed by atoms with Gasteiger partial charge in [-0.05, 0) is 12.1 Å². The molecule has 0 aliphatic heterocycles. The molecule has 1 aromatic rings. The highest BCUT2D eigenvalue weighted by Crippen LogP contribution is 2.33. The van der Waals surface area contributed by atoms with Crippen LogP contribution in [0.4, 0.5) is 13.2 Å². The molecule has 1 aromatic carbocycles. The minimum atomic E-state index is -3.13. The van der Waals surface area contributed by atoms with Crippen LogP contribution in [0.5, 0.6) is 5.75 Å². The van der Waals surface area contributed by atoms with E-state index >= 15 is 0 Å². The smallest absolute Gasteiger partial charge is 0.387 e. The van der Waals surface area contributed by atoms with Gasteiger partial charge in [-0.1, -0.05) is 23.2 Å². The van der Waals surface area contributed by atoms with Crippen LogP contribution in [-0.2, 0) is 0 Å². The van der Waals surface area contributed by atoms with Gasteiger partial charge in [-0.25, -0.2) is 4.39 Å². The van der Waals surface area contributed by atoms with Gasteiger partial charge in [0.2, 0.25) is 0 Å². The summed E-state index contributed by atoms with van der Waals surface area (Å²) in [6.45, 7) is -3.13. The molecule has 0 saturated heterocycles. The van der Waals surface area contributed by atoms with Crippen molar-refractivity contribution in [3.8, 4) is 5.75 Å². The van der Waals surface area contributed by atoms with E-state index in [0.717, 1.165) is 6.07 Å². The van der Waals surface area contributed by atoms with E-state index in [4.69, 9.17) is 23.2 Å². The number of benzene rings is 1. The Morgan fingerprint density at radius 1 is 1.15 bits per heavy atom. The zero-order valence-electron chi connectivity index (χ0n) is 6.03. The number of ether oxygens (including phenoxy) is 1. The highest BCUT2D eigenvalue weighted by Gasteiger charge is 2.16. The molecule has 0 fully saturated rings. The maximum absolute atomic E-state index is 12.9. The Kier molecular flexibility index (Phi) is 3.27. The molecular formula is C7H3Cl2F3O. The summed E-state index contributed by atoms with van der Waals surface area (Å²) in [7, 11) is 0. The van der Waals surface area contributed by atoms with Gasteiger partial charge >= 0.3 is 6.61 Å². The highest BCUT2D eigenvalue weighted by molar-refractivity contribution is 6.34.